The van der Waals surface area contributed by atoms with Crippen molar-refractivity contribution in [2.75, 3.05) is 26.2 Å². The first kappa shape index (κ1) is 9.93. The maximum atomic E-state index is 11.2. The number of piperazine rings is 1. The lowest BCUT2D eigenvalue weighted by Crippen LogP contribution is -2.55. The van der Waals surface area contributed by atoms with Gasteiger partial charge in [-0.25, -0.2) is 0 Å². The highest BCUT2D eigenvalue weighted by Crippen LogP contribution is 2.14. The van der Waals surface area contributed by atoms with Crippen LogP contribution in [0.2, 0.25) is 0 Å². The molecule has 14 heavy (non-hydrogen) atoms. The van der Waals surface area contributed by atoms with E-state index in [0.29, 0.717) is 18.6 Å². The van der Waals surface area contributed by atoms with Gasteiger partial charge in [0.05, 0.1) is 6.54 Å². The smallest absolute Gasteiger partial charge is 0.234 e. The minimum Gasteiger partial charge on any atom is -0.354 e. The quantitative estimate of drug-likeness (QED) is 0.631. The number of nitrogens with one attached hydrogen (secondary N) is 2. The van der Waals surface area contributed by atoms with E-state index in [2.05, 4.69) is 22.5 Å². The molecule has 2 rings (SSSR count). The zero-order valence-electron chi connectivity index (χ0n) is 8.75. The summed E-state index contributed by atoms with van der Waals surface area (Å²) in [6, 6.07) is 1.07. The fourth-order valence-corrected chi connectivity index (χ4v) is 2.38. The van der Waals surface area contributed by atoms with Crippen LogP contribution in [-0.4, -0.2) is 49.1 Å². The maximum absolute atomic E-state index is 11.2. The lowest BCUT2D eigenvalue weighted by Gasteiger charge is -2.35. The van der Waals surface area contributed by atoms with Gasteiger partial charge in [0.2, 0.25) is 5.91 Å². The largest absolute Gasteiger partial charge is 0.354 e. The van der Waals surface area contributed by atoms with Gasteiger partial charge in [-0.15, -0.1) is 0 Å². The summed E-state index contributed by atoms with van der Waals surface area (Å²) < 4.78 is 0. The van der Waals surface area contributed by atoms with Gasteiger partial charge in [-0.1, -0.05) is 0 Å². The van der Waals surface area contributed by atoms with Crippen LogP contribution in [0.15, 0.2) is 0 Å². The maximum Gasteiger partial charge on any atom is 0.234 e. The molecule has 0 aromatic heterocycles. The van der Waals surface area contributed by atoms with E-state index in [1.807, 2.05) is 0 Å². The van der Waals surface area contributed by atoms with Crippen molar-refractivity contribution in [3.8, 4) is 0 Å². The van der Waals surface area contributed by atoms with Crippen LogP contribution < -0.4 is 10.6 Å². The Hall–Kier alpha value is -0.610. The van der Waals surface area contributed by atoms with Crippen LogP contribution in [0, 0.1) is 0 Å². The molecule has 2 atom stereocenters. The number of carbonyl (C=O) groups is 1. The monoisotopic (exact) mass is 197 g/mol. The van der Waals surface area contributed by atoms with Gasteiger partial charge < -0.3 is 10.6 Å². The lowest BCUT2D eigenvalue weighted by molar-refractivity contribution is -0.124. The van der Waals surface area contributed by atoms with E-state index in [1.54, 1.807) is 0 Å². The normalized spacial score (nSPS) is 31.5. The Morgan fingerprint density at radius 3 is 3.00 bits per heavy atom. The highest BCUT2D eigenvalue weighted by atomic mass is 16.2. The van der Waals surface area contributed by atoms with Crippen molar-refractivity contribution in [1.29, 1.82) is 0 Å². The second kappa shape index (κ2) is 4.28. The van der Waals surface area contributed by atoms with Gasteiger partial charge in [0, 0.05) is 25.2 Å². The molecule has 0 aromatic rings. The molecule has 0 radical (unpaired) electrons. The summed E-state index contributed by atoms with van der Waals surface area (Å²) in [6.45, 7) is 5.72. The molecule has 2 aliphatic heterocycles. The first-order chi connectivity index (χ1) is 6.77. The van der Waals surface area contributed by atoms with Gasteiger partial charge in [0.25, 0.3) is 0 Å². The molecule has 0 aliphatic carbocycles. The van der Waals surface area contributed by atoms with E-state index in [-0.39, 0.29) is 5.91 Å². The molecule has 2 fully saturated rings. The van der Waals surface area contributed by atoms with E-state index >= 15 is 0 Å². The molecular formula is C10H19N3O. The number of hydrogen-bond acceptors (Lipinski definition) is 3. The summed E-state index contributed by atoms with van der Waals surface area (Å²) in [4.78, 5) is 13.5. The van der Waals surface area contributed by atoms with Crippen molar-refractivity contribution in [2.45, 2.75) is 31.8 Å². The molecule has 0 aromatic carbocycles. The van der Waals surface area contributed by atoms with E-state index in [0.717, 1.165) is 19.6 Å². The van der Waals surface area contributed by atoms with E-state index < -0.39 is 0 Å². The highest BCUT2D eigenvalue weighted by Gasteiger charge is 2.28. The van der Waals surface area contributed by atoms with E-state index in [4.69, 9.17) is 0 Å². The standard InChI is InChI=1S/C10H19N3O/c1-8(9-3-2-4-11-9)13-6-5-12-10(14)7-13/h8-9,11H,2-7H2,1H3,(H,12,14). The Kier molecular flexibility index (Phi) is 3.03. The Bertz CT molecular complexity index is 213. The Morgan fingerprint density at radius 1 is 1.50 bits per heavy atom. The molecule has 0 spiro atoms. The van der Waals surface area contributed by atoms with Crippen LogP contribution in [0.4, 0.5) is 0 Å². The summed E-state index contributed by atoms with van der Waals surface area (Å²) in [5.41, 5.74) is 0. The molecule has 0 saturated carbocycles. The average molecular weight is 197 g/mol. The third-order valence-corrected chi connectivity index (χ3v) is 3.32. The van der Waals surface area contributed by atoms with Crippen molar-refractivity contribution in [2.24, 2.45) is 0 Å². The van der Waals surface area contributed by atoms with Crippen LogP contribution in [0.5, 0.6) is 0 Å². The Morgan fingerprint density at radius 2 is 2.36 bits per heavy atom. The van der Waals surface area contributed by atoms with Gasteiger partial charge in [-0.2, -0.15) is 0 Å². The molecule has 0 bridgehead atoms. The summed E-state index contributed by atoms with van der Waals surface area (Å²) in [5, 5.41) is 6.35. The molecule has 2 heterocycles. The van der Waals surface area contributed by atoms with Gasteiger partial charge in [-0.3, -0.25) is 9.69 Å². The molecular weight excluding hydrogens is 178 g/mol. The van der Waals surface area contributed by atoms with Gasteiger partial charge >= 0.3 is 0 Å². The molecule has 4 nitrogen and oxygen atoms in total. The van der Waals surface area contributed by atoms with Crippen molar-refractivity contribution >= 4 is 5.91 Å². The molecule has 4 heteroatoms. The van der Waals surface area contributed by atoms with E-state index in [1.165, 1.54) is 12.8 Å². The van der Waals surface area contributed by atoms with Crippen molar-refractivity contribution in [3.05, 3.63) is 0 Å². The van der Waals surface area contributed by atoms with Crippen molar-refractivity contribution in [3.63, 3.8) is 0 Å². The summed E-state index contributed by atoms with van der Waals surface area (Å²) in [6.07, 6.45) is 2.52. The fraction of sp³-hybridized carbons (Fsp3) is 0.900. The summed E-state index contributed by atoms with van der Waals surface area (Å²) >= 11 is 0. The number of amides is 1. The minimum atomic E-state index is 0.168. The molecule has 2 aliphatic rings. The number of hydrogen-bond donors (Lipinski definition) is 2. The Labute approximate surface area is 85.0 Å². The predicted octanol–water partition coefficient (Wildman–Crippen LogP) is -0.441. The predicted molar refractivity (Wildman–Crippen MR) is 55.1 cm³/mol. The molecule has 80 valence electrons. The van der Waals surface area contributed by atoms with Crippen LogP contribution >= 0.6 is 0 Å². The zero-order chi connectivity index (χ0) is 9.97. The fourth-order valence-electron chi connectivity index (χ4n) is 2.38. The average Bonchev–Trinajstić information content (AvgIpc) is 2.69. The first-order valence-electron chi connectivity index (χ1n) is 5.51. The Balaban J connectivity index is 1.89. The van der Waals surface area contributed by atoms with Crippen molar-refractivity contribution < 1.29 is 4.79 Å². The number of nitrogens with zero attached hydrogens (tertiary/aromatic N) is 1. The number of carbonyl (C=O) groups excluding carboxylic acids is 1. The van der Waals surface area contributed by atoms with E-state index in [9.17, 15) is 4.79 Å². The zero-order valence-corrected chi connectivity index (χ0v) is 8.75. The van der Waals surface area contributed by atoms with Crippen LogP contribution in [-0.2, 0) is 4.79 Å². The number of rotatable bonds is 2. The van der Waals surface area contributed by atoms with Crippen LogP contribution in [0.3, 0.4) is 0 Å². The molecule has 1 amide bonds. The van der Waals surface area contributed by atoms with Gasteiger partial charge in [0.1, 0.15) is 0 Å². The molecule has 2 N–H and O–H groups in total. The van der Waals surface area contributed by atoms with Crippen LogP contribution in [0.25, 0.3) is 0 Å². The third kappa shape index (κ3) is 2.07. The van der Waals surface area contributed by atoms with Gasteiger partial charge in [0.15, 0.2) is 0 Å². The second-order valence-electron chi connectivity index (χ2n) is 4.26. The lowest BCUT2D eigenvalue weighted by atomic mass is 10.1. The SMILES string of the molecule is CC(C1CCCN1)N1CCNC(=O)C1. The van der Waals surface area contributed by atoms with Crippen LogP contribution in [0.1, 0.15) is 19.8 Å². The highest BCUT2D eigenvalue weighted by molar-refractivity contribution is 5.78. The molecule has 2 unspecified atom stereocenters. The minimum absolute atomic E-state index is 0.168. The third-order valence-electron chi connectivity index (χ3n) is 3.32. The topological polar surface area (TPSA) is 44.4 Å². The second-order valence-corrected chi connectivity index (χ2v) is 4.26. The first-order valence-corrected chi connectivity index (χ1v) is 5.51. The molecule has 2 saturated heterocycles. The van der Waals surface area contributed by atoms with Crippen molar-refractivity contribution in [1.82, 2.24) is 15.5 Å². The summed E-state index contributed by atoms with van der Waals surface area (Å²) in [5.74, 6) is 0.168. The summed E-state index contributed by atoms with van der Waals surface area (Å²) in [7, 11) is 0. The van der Waals surface area contributed by atoms with Gasteiger partial charge in [-0.05, 0) is 26.3 Å².